The highest BCUT2D eigenvalue weighted by atomic mass is 32.2. The molecule has 0 saturated carbocycles. The number of benzene rings is 2. The van der Waals surface area contributed by atoms with Crippen molar-refractivity contribution in [2.45, 2.75) is 24.5 Å². The first-order valence-electron chi connectivity index (χ1n) is 11.8. The summed E-state index contributed by atoms with van der Waals surface area (Å²) >= 11 is 1.67. The molecule has 0 unspecified atom stereocenters. The zero-order chi connectivity index (χ0) is 25.5. The Morgan fingerprint density at radius 2 is 1.92 bits per heavy atom. The van der Waals surface area contributed by atoms with Crippen LogP contribution in [0, 0.1) is 11.6 Å². The Labute approximate surface area is 215 Å². The fraction of sp³-hybridized carbons (Fsp3) is 0.185. The highest BCUT2D eigenvalue weighted by Gasteiger charge is 2.27. The van der Waals surface area contributed by atoms with Crippen molar-refractivity contribution in [3.63, 3.8) is 0 Å². The minimum atomic E-state index is -0.462. The van der Waals surface area contributed by atoms with Crippen LogP contribution in [0.4, 0.5) is 14.6 Å². The summed E-state index contributed by atoms with van der Waals surface area (Å²) in [6.07, 6.45) is 3.26. The molecule has 2 N–H and O–H groups in total. The molecule has 0 amide bonds. The Hall–Kier alpha value is -4.05. The van der Waals surface area contributed by atoms with Crippen LogP contribution in [0.15, 0.2) is 66.1 Å². The molecule has 1 aliphatic heterocycles. The lowest BCUT2D eigenvalue weighted by Gasteiger charge is -2.12. The van der Waals surface area contributed by atoms with Gasteiger partial charge in [-0.05, 0) is 43.2 Å². The molecule has 2 aromatic carbocycles. The molecule has 7 nitrogen and oxygen atoms in total. The molecule has 1 aliphatic rings. The molecular formula is C27H22F2N6OS. The van der Waals surface area contributed by atoms with Crippen LogP contribution in [-0.2, 0) is 6.42 Å². The molecule has 0 spiro atoms. The van der Waals surface area contributed by atoms with E-state index >= 15 is 0 Å². The molecule has 0 radical (unpaired) electrons. The molecule has 6 rings (SSSR count). The fourth-order valence-corrected chi connectivity index (χ4v) is 5.57. The number of aromatic nitrogens is 5. The Bertz CT molecular complexity index is 1640. The molecular weight excluding hydrogens is 494 g/mol. The predicted octanol–water partition coefficient (Wildman–Crippen LogP) is 5.86. The highest BCUT2D eigenvalue weighted by Crippen LogP contribution is 2.38. The predicted molar refractivity (Wildman–Crippen MR) is 140 cm³/mol. The molecule has 0 saturated heterocycles. The molecule has 10 heteroatoms. The number of halogens is 2. The number of nitrogens with zero attached hydrogens (tertiary/aromatic N) is 5. The first-order valence-corrected chi connectivity index (χ1v) is 12.8. The number of phenols is 1. The van der Waals surface area contributed by atoms with Crippen molar-refractivity contribution >= 4 is 28.7 Å². The van der Waals surface area contributed by atoms with Gasteiger partial charge in [-0.2, -0.15) is 0 Å². The van der Waals surface area contributed by atoms with Gasteiger partial charge in [0.15, 0.2) is 28.0 Å². The number of hydrogen-bond acceptors (Lipinski definition) is 7. The van der Waals surface area contributed by atoms with Crippen LogP contribution < -0.4 is 5.32 Å². The van der Waals surface area contributed by atoms with E-state index < -0.39 is 11.6 Å². The van der Waals surface area contributed by atoms with Crippen LogP contribution >= 0.6 is 11.8 Å². The van der Waals surface area contributed by atoms with Gasteiger partial charge in [0.1, 0.15) is 17.4 Å². The number of phenolic OH excluding ortho intramolecular Hbond substituents is 1. The smallest absolute Gasteiger partial charge is 0.170 e. The maximum Gasteiger partial charge on any atom is 0.170 e. The number of rotatable bonds is 6. The molecule has 37 heavy (non-hydrogen) atoms. The second kappa shape index (κ2) is 9.44. The molecule has 186 valence electrons. The van der Waals surface area contributed by atoms with Gasteiger partial charge in [0.2, 0.25) is 0 Å². The van der Waals surface area contributed by atoms with Crippen molar-refractivity contribution in [2.24, 2.45) is 0 Å². The molecule has 4 heterocycles. The zero-order valence-electron chi connectivity index (χ0n) is 19.8. The van der Waals surface area contributed by atoms with Gasteiger partial charge in [0.05, 0.1) is 6.20 Å². The topological polar surface area (TPSA) is 88.8 Å². The summed E-state index contributed by atoms with van der Waals surface area (Å²) in [7, 11) is 0. The fourth-order valence-electron chi connectivity index (χ4n) is 4.47. The van der Waals surface area contributed by atoms with Gasteiger partial charge < -0.3 is 10.4 Å². The maximum absolute atomic E-state index is 14.3. The average molecular weight is 517 g/mol. The number of thioether (sulfide) groups is 1. The van der Waals surface area contributed by atoms with E-state index in [4.69, 9.17) is 9.97 Å². The lowest BCUT2D eigenvalue weighted by Crippen LogP contribution is -2.09. The largest absolute Gasteiger partial charge is 0.507 e. The van der Waals surface area contributed by atoms with E-state index in [0.29, 0.717) is 52.5 Å². The summed E-state index contributed by atoms with van der Waals surface area (Å²) < 4.78 is 30.3. The van der Waals surface area contributed by atoms with Crippen molar-refractivity contribution in [2.75, 3.05) is 17.6 Å². The van der Waals surface area contributed by atoms with Gasteiger partial charge in [-0.15, -0.1) is 0 Å². The van der Waals surface area contributed by atoms with E-state index in [2.05, 4.69) is 26.8 Å². The molecule has 3 aromatic heterocycles. The molecule has 5 aromatic rings. The first kappa shape index (κ1) is 23.4. The van der Waals surface area contributed by atoms with Crippen LogP contribution in [0.1, 0.15) is 18.5 Å². The Kier molecular flexibility index (Phi) is 5.96. The zero-order valence-corrected chi connectivity index (χ0v) is 20.6. The van der Waals surface area contributed by atoms with E-state index in [0.717, 1.165) is 22.7 Å². The first-order chi connectivity index (χ1) is 18.0. The van der Waals surface area contributed by atoms with Gasteiger partial charge in [0, 0.05) is 41.2 Å². The van der Waals surface area contributed by atoms with Crippen molar-refractivity contribution in [3.8, 4) is 28.3 Å². The number of fused-ring (bicyclic) bond motifs is 3. The molecule has 0 bridgehead atoms. The van der Waals surface area contributed by atoms with E-state index in [-0.39, 0.29) is 11.8 Å². The average Bonchev–Trinajstić information content (AvgIpc) is 3.45. The van der Waals surface area contributed by atoms with Crippen molar-refractivity contribution in [1.82, 2.24) is 24.5 Å². The van der Waals surface area contributed by atoms with Crippen molar-refractivity contribution in [3.05, 3.63) is 78.1 Å². The maximum atomic E-state index is 14.3. The summed E-state index contributed by atoms with van der Waals surface area (Å²) in [6, 6.07) is 13.1. The monoisotopic (exact) mass is 516 g/mol. The number of anilines is 1. The Morgan fingerprint density at radius 1 is 1.05 bits per heavy atom. The van der Waals surface area contributed by atoms with Crippen LogP contribution in [-0.4, -0.2) is 41.9 Å². The number of nitrogens with one attached hydrogen (secondary N) is 1. The minimum Gasteiger partial charge on any atom is -0.507 e. The van der Waals surface area contributed by atoms with E-state index in [9.17, 15) is 13.9 Å². The quantitative estimate of drug-likeness (QED) is 0.292. The lowest BCUT2D eigenvalue weighted by atomic mass is 10.00. The number of aromatic hydroxyl groups is 1. The van der Waals surface area contributed by atoms with E-state index in [1.54, 1.807) is 42.1 Å². The van der Waals surface area contributed by atoms with Crippen molar-refractivity contribution in [1.29, 1.82) is 0 Å². The van der Waals surface area contributed by atoms with E-state index in [1.807, 2.05) is 6.07 Å². The van der Waals surface area contributed by atoms with Gasteiger partial charge in [-0.3, -0.25) is 9.55 Å². The second-order valence-electron chi connectivity index (χ2n) is 8.89. The minimum absolute atomic E-state index is 0.0202. The van der Waals surface area contributed by atoms with Crippen LogP contribution in [0.5, 0.6) is 5.75 Å². The SMILES string of the molecule is C[C@H]1CSc2nc3c(NCCc4ccc(O)c(-c5ccccc5F)c4)nc(-c4cncc(F)c4)nc3n21. The number of hydrogen-bond donors (Lipinski definition) is 2. The second-order valence-corrected chi connectivity index (χ2v) is 9.88. The molecule has 0 fully saturated rings. The summed E-state index contributed by atoms with van der Waals surface area (Å²) in [5.41, 5.74) is 3.53. The van der Waals surface area contributed by atoms with Gasteiger partial charge in [0.25, 0.3) is 0 Å². The third-order valence-electron chi connectivity index (χ3n) is 6.30. The van der Waals surface area contributed by atoms with E-state index in [1.165, 1.54) is 18.3 Å². The standard InChI is InChI=1S/C27H22F2N6OS/c1-15-14-37-27-32-23-25(33-24(34-26(23)35(15)27)17-11-18(28)13-30-12-17)31-9-8-16-6-7-22(36)20(10-16)19-4-2-3-5-21(19)29/h2-7,10-13,15,36H,8-9,14H2,1H3,(H,31,33,34)/t15-/m0/s1. The highest BCUT2D eigenvalue weighted by molar-refractivity contribution is 7.99. The number of pyridine rings is 1. The third kappa shape index (κ3) is 4.37. The van der Waals surface area contributed by atoms with Crippen LogP contribution in [0.3, 0.4) is 0 Å². The van der Waals surface area contributed by atoms with Gasteiger partial charge in [-0.25, -0.2) is 23.7 Å². The Balaban J connectivity index is 1.31. The summed E-state index contributed by atoms with van der Waals surface area (Å²) in [5.74, 6) is 0.985. The number of imidazole rings is 1. The Morgan fingerprint density at radius 3 is 2.76 bits per heavy atom. The normalized spacial score (nSPS) is 14.7. The van der Waals surface area contributed by atoms with Crippen LogP contribution in [0.25, 0.3) is 33.7 Å². The van der Waals surface area contributed by atoms with Crippen molar-refractivity contribution < 1.29 is 13.9 Å². The summed E-state index contributed by atoms with van der Waals surface area (Å²) in [6.45, 7) is 2.61. The van der Waals surface area contributed by atoms with Crippen LogP contribution in [0.2, 0.25) is 0 Å². The van der Waals surface area contributed by atoms with Gasteiger partial charge >= 0.3 is 0 Å². The summed E-state index contributed by atoms with van der Waals surface area (Å²) in [4.78, 5) is 18.1. The summed E-state index contributed by atoms with van der Waals surface area (Å²) in [5, 5.41) is 14.6. The molecule has 1 atom stereocenters. The lowest BCUT2D eigenvalue weighted by molar-refractivity contribution is 0.476. The third-order valence-corrected chi connectivity index (χ3v) is 7.49. The van der Waals surface area contributed by atoms with Gasteiger partial charge in [-0.1, -0.05) is 36.0 Å². The molecule has 0 aliphatic carbocycles.